The van der Waals surface area contributed by atoms with Crippen LogP contribution < -0.4 is 20.3 Å². The number of amides is 2. The number of piperazine rings is 1. The number of carbonyl (C=O) groups excluding carboxylic acids is 2. The van der Waals surface area contributed by atoms with Crippen LogP contribution in [0, 0.1) is 6.92 Å². The SMILES string of the molecule is COc1cccc(-c2nn(-c3ccc(C)cc3)cc2C(=O)Nc2ccc(N3CCNC(=O)C3)cc2)c1. The molecule has 5 rings (SSSR count). The van der Waals surface area contributed by atoms with Crippen molar-refractivity contribution in [1.82, 2.24) is 15.1 Å². The molecule has 1 aliphatic heterocycles. The van der Waals surface area contributed by atoms with Gasteiger partial charge in [-0.25, -0.2) is 4.68 Å². The van der Waals surface area contributed by atoms with Crippen LogP contribution >= 0.6 is 0 Å². The number of nitrogens with one attached hydrogen (secondary N) is 2. The van der Waals surface area contributed by atoms with Crippen LogP contribution in [0.4, 0.5) is 11.4 Å². The maximum absolute atomic E-state index is 13.4. The van der Waals surface area contributed by atoms with E-state index in [4.69, 9.17) is 9.84 Å². The summed E-state index contributed by atoms with van der Waals surface area (Å²) in [6.45, 7) is 3.72. The van der Waals surface area contributed by atoms with Crippen LogP contribution in [0.25, 0.3) is 16.9 Å². The zero-order valence-corrected chi connectivity index (χ0v) is 20.2. The summed E-state index contributed by atoms with van der Waals surface area (Å²) in [5.41, 5.74) is 5.38. The number of benzene rings is 3. The summed E-state index contributed by atoms with van der Waals surface area (Å²) in [6, 6.07) is 23.0. The summed E-state index contributed by atoms with van der Waals surface area (Å²) in [5.74, 6) is 0.427. The molecule has 0 atom stereocenters. The Balaban J connectivity index is 1.44. The first-order valence-electron chi connectivity index (χ1n) is 11.7. The molecule has 0 aliphatic carbocycles. The van der Waals surface area contributed by atoms with Crippen molar-refractivity contribution in [3.63, 3.8) is 0 Å². The van der Waals surface area contributed by atoms with Crippen LogP contribution in [-0.2, 0) is 4.79 Å². The van der Waals surface area contributed by atoms with Crippen LogP contribution in [0.2, 0.25) is 0 Å². The minimum Gasteiger partial charge on any atom is -0.497 e. The van der Waals surface area contributed by atoms with E-state index in [2.05, 4.69) is 10.6 Å². The molecule has 2 amide bonds. The zero-order chi connectivity index (χ0) is 25.1. The van der Waals surface area contributed by atoms with Gasteiger partial charge in [-0.15, -0.1) is 0 Å². The average molecular weight is 482 g/mol. The topological polar surface area (TPSA) is 88.5 Å². The van der Waals surface area contributed by atoms with E-state index < -0.39 is 0 Å². The fourth-order valence-corrected chi connectivity index (χ4v) is 4.17. The third kappa shape index (κ3) is 4.93. The van der Waals surface area contributed by atoms with E-state index in [1.165, 1.54) is 0 Å². The lowest BCUT2D eigenvalue weighted by molar-refractivity contribution is -0.120. The lowest BCUT2D eigenvalue weighted by Crippen LogP contribution is -2.47. The Kier molecular flexibility index (Phi) is 6.40. The van der Waals surface area contributed by atoms with Gasteiger partial charge in [-0.2, -0.15) is 5.10 Å². The third-order valence-electron chi connectivity index (χ3n) is 6.13. The summed E-state index contributed by atoms with van der Waals surface area (Å²) in [4.78, 5) is 27.1. The molecular weight excluding hydrogens is 454 g/mol. The van der Waals surface area contributed by atoms with Crippen molar-refractivity contribution >= 4 is 23.2 Å². The standard InChI is InChI=1S/C28H27N5O3/c1-19-6-10-23(11-7-19)33-17-25(27(31-33)20-4-3-5-24(16-20)36-2)28(35)30-21-8-12-22(13-9-21)32-15-14-29-26(34)18-32/h3-13,16-17H,14-15,18H2,1-2H3,(H,29,34)(H,30,35). The molecule has 8 heteroatoms. The molecular formula is C28H27N5O3. The fourth-order valence-electron chi connectivity index (χ4n) is 4.17. The molecule has 0 spiro atoms. The van der Waals surface area contributed by atoms with Crippen LogP contribution in [0.3, 0.4) is 0 Å². The molecule has 1 aliphatic rings. The maximum Gasteiger partial charge on any atom is 0.259 e. The van der Waals surface area contributed by atoms with Crippen molar-refractivity contribution in [3.05, 3.63) is 90.1 Å². The molecule has 0 saturated carbocycles. The van der Waals surface area contributed by atoms with Crippen LogP contribution in [0.5, 0.6) is 5.75 Å². The number of methoxy groups -OCH3 is 1. The highest BCUT2D eigenvalue weighted by Crippen LogP contribution is 2.28. The number of rotatable bonds is 6. The van der Waals surface area contributed by atoms with Gasteiger partial charge in [-0.1, -0.05) is 29.8 Å². The fraction of sp³-hybridized carbons (Fsp3) is 0.179. The molecule has 0 bridgehead atoms. The number of nitrogens with zero attached hydrogens (tertiary/aromatic N) is 3. The van der Waals surface area contributed by atoms with Gasteiger partial charge in [0.05, 0.1) is 24.9 Å². The van der Waals surface area contributed by atoms with Gasteiger partial charge < -0.3 is 20.3 Å². The summed E-state index contributed by atoms with van der Waals surface area (Å²) < 4.78 is 7.10. The number of carbonyl (C=O) groups is 2. The highest BCUT2D eigenvalue weighted by atomic mass is 16.5. The molecule has 2 heterocycles. The highest BCUT2D eigenvalue weighted by Gasteiger charge is 2.20. The summed E-state index contributed by atoms with van der Waals surface area (Å²) >= 11 is 0. The number of anilines is 2. The molecule has 3 aromatic carbocycles. The monoisotopic (exact) mass is 481 g/mol. The third-order valence-corrected chi connectivity index (χ3v) is 6.13. The predicted octanol–water partition coefficient (Wildman–Crippen LogP) is 4.04. The molecule has 36 heavy (non-hydrogen) atoms. The Morgan fingerprint density at radius 2 is 1.78 bits per heavy atom. The van der Waals surface area contributed by atoms with E-state index in [0.29, 0.717) is 35.8 Å². The van der Waals surface area contributed by atoms with E-state index in [0.717, 1.165) is 29.0 Å². The van der Waals surface area contributed by atoms with E-state index in [1.54, 1.807) is 18.0 Å². The van der Waals surface area contributed by atoms with Gasteiger partial charge >= 0.3 is 0 Å². The van der Waals surface area contributed by atoms with Crippen LogP contribution in [0.1, 0.15) is 15.9 Å². The van der Waals surface area contributed by atoms with Crippen molar-refractivity contribution in [1.29, 1.82) is 0 Å². The van der Waals surface area contributed by atoms with Gasteiger partial charge in [-0.05, 0) is 55.5 Å². The van der Waals surface area contributed by atoms with E-state index in [-0.39, 0.29) is 11.8 Å². The van der Waals surface area contributed by atoms with Crippen molar-refractivity contribution in [3.8, 4) is 22.7 Å². The molecule has 8 nitrogen and oxygen atoms in total. The lowest BCUT2D eigenvalue weighted by atomic mass is 10.1. The first kappa shape index (κ1) is 23.2. The predicted molar refractivity (Wildman–Crippen MR) is 140 cm³/mol. The summed E-state index contributed by atoms with van der Waals surface area (Å²) in [7, 11) is 1.61. The average Bonchev–Trinajstić information content (AvgIpc) is 3.35. The van der Waals surface area contributed by atoms with Crippen LogP contribution in [0.15, 0.2) is 79.0 Å². The first-order chi connectivity index (χ1) is 17.5. The molecule has 182 valence electrons. The van der Waals surface area contributed by atoms with E-state index in [9.17, 15) is 9.59 Å². The molecule has 0 unspecified atom stereocenters. The van der Waals surface area contributed by atoms with Crippen LogP contribution in [-0.4, -0.2) is 48.3 Å². The van der Waals surface area contributed by atoms with Crippen molar-refractivity contribution in [2.24, 2.45) is 0 Å². The number of ether oxygens (including phenoxy) is 1. The van der Waals surface area contributed by atoms with Gasteiger partial charge in [-0.3, -0.25) is 9.59 Å². The molecule has 1 fully saturated rings. The minimum atomic E-state index is -0.267. The normalized spacial score (nSPS) is 13.3. The zero-order valence-electron chi connectivity index (χ0n) is 20.2. The van der Waals surface area contributed by atoms with Gasteiger partial charge in [0.2, 0.25) is 5.91 Å². The quantitative estimate of drug-likeness (QED) is 0.434. The largest absolute Gasteiger partial charge is 0.497 e. The first-order valence-corrected chi connectivity index (χ1v) is 11.7. The van der Waals surface area contributed by atoms with E-state index >= 15 is 0 Å². The summed E-state index contributed by atoms with van der Waals surface area (Å²) in [6.07, 6.45) is 1.75. The highest BCUT2D eigenvalue weighted by molar-refractivity contribution is 6.08. The maximum atomic E-state index is 13.4. The Bertz CT molecular complexity index is 1390. The second kappa shape index (κ2) is 9.95. The second-order valence-corrected chi connectivity index (χ2v) is 8.68. The molecule has 0 radical (unpaired) electrons. The minimum absolute atomic E-state index is 0.00860. The number of hydrogen-bond acceptors (Lipinski definition) is 5. The Labute approximate surface area is 209 Å². The van der Waals surface area contributed by atoms with Crippen molar-refractivity contribution in [2.45, 2.75) is 6.92 Å². The molecule has 2 N–H and O–H groups in total. The molecule has 1 saturated heterocycles. The van der Waals surface area contributed by atoms with Crippen molar-refractivity contribution < 1.29 is 14.3 Å². The van der Waals surface area contributed by atoms with Gasteiger partial charge in [0, 0.05) is 36.2 Å². The lowest BCUT2D eigenvalue weighted by Gasteiger charge is -2.28. The number of aryl methyl sites for hydroxylation is 1. The Morgan fingerprint density at radius 3 is 2.50 bits per heavy atom. The van der Waals surface area contributed by atoms with Gasteiger partial charge in [0.15, 0.2) is 0 Å². The number of hydrogen-bond donors (Lipinski definition) is 2. The second-order valence-electron chi connectivity index (χ2n) is 8.68. The number of aromatic nitrogens is 2. The Morgan fingerprint density at radius 1 is 1.03 bits per heavy atom. The van der Waals surface area contributed by atoms with Crippen molar-refractivity contribution in [2.75, 3.05) is 37.0 Å². The van der Waals surface area contributed by atoms with Gasteiger partial charge in [0.1, 0.15) is 11.4 Å². The van der Waals surface area contributed by atoms with E-state index in [1.807, 2.05) is 84.6 Å². The molecule has 1 aromatic heterocycles. The smallest absolute Gasteiger partial charge is 0.259 e. The molecule has 4 aromatic rings. The summed E-state index contributed by atoms with van der Waals surface area (Å²) in [5, 5.41) is 10.6. The Hall–Kier alpha value is -4.59. The van der Waals surface area contributed by atoms with Gasteiger partial charge in [0.25, 0.3) is 5.91 Å².